The first-order valence-corrected chi connectivity index (χ1v) is 9.62. The first-order chi connectivity index (χ1) is 13.7. The summed E-state index contributed by atoms with van der Waals surface area (Å²) in [7, 11) is 3.24. The number of carbonyl (C=O) groups excluding carboxylic acids is 1. The first-order valence-electron chi connectivity index (χ1n) is 9.62. The van der Waals surface area contributed by atoms with Crippen molar-refractivity contribution in [2.75, 3.05) is 40.5 Å². The Morgan fingerprint density at radius 1 is 1.00 bits per heavy atom. The van der Waals surface area contributed by atoms with Crippen LogP contribution in [0, 0.1) is 0 Å². The van der Waals surface area contributed by atoms with Gasteiger partial charge >= 0.3 is 0 Å². The number of methoxy groups -OCH3 is 2. The van der Waals surface area contributed by atoms with Gasteiger partial charge in [-0.3, -0.25) is 9.69 Å². The molecule has 1 aliphatic heterocycles. The monoisotopic (exact) mass is 384 g/mol. The van der Waals surface area contributed by atoms with Gasteiger partial charge in [-0.2, -0.15) is 0 Å². The lowest BCUT2D eigenvalue weighted by Gasteiger charge is -2.28. The van der Waals surface area contributed by atoms with Crippen molar-refractivity contribution in [2.24, 2.45) is 0 Å². The molecule has 0 aromatic heterocycles. The Morgan fingerprint density at radius 3 is 2.32 bits per heavy atom. The zero-order chi connectivity index (χ0) is 19.8. The van der Waals surface area contributed by atoms with E-state index in [1.165, 1.54) is 18.4 Å². The number of amides is 1. The van der Waals surface area contributed by atoms with Crippen LogP contribution in [0.15, 0.2) is 48.5 Å². The maximum Gasteiger partial charge on any atom is 0.258 e. The number of hydrogen-bond donors (Lipinski definition) is 1. The maximum atomic E-state index is 12.4. The van der Waals surface area contributed by atoms with Gasteiger partial charge in [0.05, 0.1) is 20.3 Å². The Balaban J connectivity index is 1.58. The normalized spacial score (nSPS) is 15.1. The minimum Gasteiger partial charge on any atom is -0.497 e. The third-order valence-corrected chi connectivity index (χ3v) is 5.00. The molecule has 0 radical (unpaired) electrons. The first kappa shape index (κ1) is 20.0. The third-order valence-electron chi connectivity index (χ3n) is 5.00. The van der Waals surface area contributed by atoms with Crippen molar-refractivity contribution in [3.8, 4) is 17.2 Å². The highest BCUT2D eigenvalue weighted by atomic mass is 16.5. The lowest BCUT2D eigenvalue weighted by atomic mass is 10.1. The Morgan fingerprint density at radius 2 is 1.68 bits per heavy atom. The van der Waals surface area contributed by atoms with Crippen molar-refractivity contribution in [1.82, 2.24) is 10.2 Å². The molecule has 3 rings (SSSR count). The number of para-hydroxylation sites is 2. The van der Waals surface area contributed by atoms with Crippen LogP contribution >= 0.6 is 0 Å². The second-order valence-corrected chi connectivity index (χ2v) is 6.78. The number of nitrogens with zero attached hydrogens (tertiary/aromatic N) is 1. The molecule has 0 bridgehead atoms. The summed E-state index contributed by atoms with van der Waals surface area (Å²) in [6, 6.07) is 15.5. The molecule has 1 fully saturated rings. The van der Waals surface area contributed by atoms with E-state index >= 15 is 0 Å². The molecule has 0 saturated carbocycles. The van der Waals surface area contributed by atoms with Gasteiger partial charge in [-0.15, -0.1) is 0 Å². The quantitative estimate of drug-likeness (QED) is 0.720. The van der Waals surface area contributed by atoms with E-state index in [2.05, 4.69) is 22.3 Å². The fourth-order valence-electron chi connectivity index (χ4n) is 3.48. The fraction of sp³-hybridized carbons (Fsp3) is 0.409. The van der Waals surface area contributed by atoms with Crippen molar-refractivity contribution in [1.29, 1.82) is 0 Å². The van der Waals surface area contributed by atoms with Gasteiger partial charge in [-0.1, -0.05) is 24.3 Å². The zero-order valence-corrected chi connectivity index (χ0v) is 16.5. The zero-order valence-electron chi connectivity index (χ0n) is 16.5. The fourth-order valence-corrected chi connectivity index (χ4v) is 3.48. The highest BCUT2D eigenvalue weighted by Gasteiger charge is 2.24. The number of nitrogens with one attached hydrogen (secondary N) is 1. The number of likely N-dealkylation sites (tertiary alicyclic amines) is 1. The molecule has 6 nitrogen and oxygen atoms in total. The van der Waals surface area contributed by atoms with E-state index in [0.717, 1.165) is 18.8 Å². The van der Waals surface area contributed by atoms with Crippen molar-refractivity contribution < 1.29 is 19.0 Å². The molecule has 0 spiro atoms. The van der Waals surface area contributed by atoms with Crippen LogP contribution in [0.4, 0.5) is 0 Å². The molecule has 150 valence electrons. The summed E-state index contributed by atoms with van der Waals surface area (Å²) >= 11 is 0. The Labute approximate surface area is 166 Å². The lowest BCUT2D eigenvalue weighted by molar-refractivity contribution is -0.123. The van der Waals surface area contributed by atoms with E-state index in [-0.39, 0.29) is 18.6 Å². The second-order valence-electron chi connectivity index (χ2n) is 6.78. The smallest absolute Gasteiger partial charge is 0.258 e. The lowest BCUT2D eigenvalue weighted by Crippen LogP contribution is -2.38. The number of hydrogen-bond acceptors (Lipinski definition) is 5. The van der Waals surface area contributed by atoms with Gasteiger partial charge in [-0.25, -0.2) is 0 Å². The number of benzene rings is 2. The standard InChI is InChI=1S/C22H28N2O4/c1-26-18-11-9-17(10-12-18)19(24-13-5-6-14-24)15-23-22(25)16-28-21-8-4-3-7-20(21)27-2/h3-4,7-12,19H,5-6,13-16H2,1-2H3,(H,23,25)/t19-/m0/s1. The van der Waals surface area contributed by atoms with Crippen LogP contribution in [0.5, 0.6) is 17.2 Å². The van der Waals surface area contributed by atoms with Crippen LogP contribution < -0.4 is 19.5 Å². The molecule has 0 aliphatic carbocycles. The molecule has 1 N–H and O–H groups in total. The molecule has 1 heterocycles. The topological polar surface area (TPSA) is 60.0 Å². The molecule has 1 amide bonds. The van der Waals surface area contributed by atoms with Crippen LogP contribution in [0.1, 0.15) is 24.4 Å². The van der Waals surface area contributed by atoms with Crippen LogP contribution in [-0.2, 0) is 4.79 Å². The molecular weight excluding hydrogens is 356 g/mol. The molecule has 28 heavy (non-hydrogen) atoms. The van der Waals surface area contributed by atoms with Crippen LogP contribution in [0.2, 0.25) is 0 Å². The van der Waals surface area contributed by atoms with E-state index in [1.54, 1.807) is 26.4 Å². The van der Waals surface area contributed by atoms with Crippen molar-refractivity contribution in [2.45, 2.75) is 18.9 Å². The molecule has 2 aromatic rings. The van der Waals surface area contributed by atoms with Gasteiger partial charge in [0.1, 0.15) is 5.75 Å². The average molecular weight is 384 g/mol. The van der Waals surface area contributed by atoms with Gasteiger partial charge in [0.25, 0.3) is 5.91 Å². The van der Waals surface area contributed by atoms with E-state index in [1.807, 2.05) is 24.3 Å². The summed E-state index contributed by atoms with van der Waals surface area (Å²) in [6.45, 7) is 2.59. The Bertz CT molecular complexity index is 757. The molecule has 1 aliphatic rings. The van der Waals surface area contributed by atoms with Gasteiger partial charge in [0.2, 0.25) is 0 Å². The SMILES string of the molecule is COc1ccc([C@H](CNC(=O)COc2ccccc2OC)N2CCCC2)cc1. The molecule has 0 unspecified atom stereocenters. The third kappa shape index (κ3) is 5.16. The highest BCUT2D eigenvalue weighted by Crippen LogP contribution is 2.27. The van der Waals surface area contributed by atoms with Crippen LogP contribution in [0.25, 0.3) is 0 Å². The van der Waals surface area contributed by atoms with Gasteiger partial charge < -0.3 is 19.5 Å². The number of carbonyl (C=O) groups is 1. The minimum atomic E-state index is -0.149. The van der Waals surface area contributed by atoms with Gasteiger partial charge in [-0.05, 0) is 55.8 Å². The largest absolute Gasteiger partial charge is 0.497 e. The van der Waals surface area contributed by atoms with Crippen LogP contribution in [0.3, 0.4) is 0 Å². The predicted molar refractivity (Wildman–Crippen MR) is 108 cm³/mol. The summed E-state index contributed by atoms with van der Waals surface area (Å²) in [5, 5.41) is 3.02. The van der Waals surface area contributed by atoms with E-state index in [4.69, 9.17) is 14.2 Å². The number of rotatable bonds is 9. The summed E-state index contributed by atoms with van der Waals surface area (Å²) in [4.78, 5) is 14.8. The molecule has 1 atom stereocenters. The van der Waals surface area contributed by atoms with E-state index < -0.39 is 0 Å². The molecular formula is C22H28N2O4. The van der Waals surface area contributed by atoms with Crippen molar-refractivity contribution in [3.05, 3.63) is 54.1 Å². The Hall–Kier alpha value is -2.73. The minimum absolute atomic E-state index is 0.0459. The summed E-state index contributed by atoms with van der Waals surface area (Å²) < 4.78 is 16.1. The van der Waals surface area contributed by atoms with Crippen molar-refractivity contribution in [3.63, 3.8) is 0 Å². The maximum absolute atomic E-state index is 12.4. The summed E-state index contributed by atoms with van der Waals surface area (Å²) in [5.74, 6) is 1.86. The Kier molecular flexibility index (Phi) is 7.14. The van der Waals surface area contributed by atoms with Crippen molar-refractivity contribution >= 4 is 5.91 Å². The second kappa shape index (κ2) is 9.99. The molecule has 2 aromatic carbocycles. The van der Waals surface area contributed by atoms with E-state index in [9.17, 15) is 4.79 Å². The van der Waals surface area contributed by atoms with E-state index in [0.29, 0.717) is 18.0 Å². The van der Waals surface area contributed by atoms with Crippen LogP contribution in [-0.4, -0.2) is 51.3 Å². The predicted octanol–water partition coefficient (Wildman–Crippen LogP) is 3.04. The summed E-state index contributed by atoms with van der Waals surface area (Å²) in [6.07, 6.45) is 2.38. The molecule has 6 heteroatoms. The number of ether oxygens (including phenoxy) is 3. The summed E-state index contributed by atoms with van der Waals surface area (Å²) in [5.41, 5.74) is 1.17. The van der Waals surface area contributed by atoms with Gasteiger partial charge in [0.15, 0.2) is 18.1 Å². The average Bonchev–Trinajstić information content (AvgIpc) is 3.27. The molecule has 1 saturated heterocycles. The van der Waals surface area contributed by atoms with Gasteiger partial charge in [0, 0.05) is 6.54 Å². The highest BCUT2D eigenvalue weighted by molar-refractivity contribution is 5.77.